The maximum atomic E-state index is 13.3. The number of carbonyl (C=O) groups is 1. The number of benzene rings is 2. The van der Waals surface area contributed by atoms with Gasteiger partial charge in [0.2, 0.25) is 0 Å². The van der Waals surface area contributed by atoms with E-state index in [1.807, 2.05) is 0 Å². The molecule has 0 radical (unpaired) electrons. The van der Waals surface area contributed by atoms with E-state index in [1.165, 1.54) is 24.3 Å². The van der Waals surface area contributed by atoms with Crippen LogP contribution in [0.5, 0.6) is 0 Å². The van der Waals surface area contributed by atoms with E-state index >= 15 is 0 Å². The molecule has 0 aliphatic carbocycles. The molecule has 1 heterocycles. The molecule has 3 rings (SSSR count). The molecular weight excluding hydrogens is 388 g/mol. The molecule has 0 aliphatic rings. The molecule has 3 aromatic rings. The third kappa shape index (κ3) is 4.68. The van der Waals surface area contributed by atoms with E-state index in [0.29, 0.717) is 6.07 Å². The van der Waals surface area contributed by atoms with Gasteiger partial charge in [0.1, 0.15) is 0 Å². The lowest BCUT2D eigenvalue weighted by Gasteiger charge is -2.10. The predicted octanol–water partition coefficient (Wildman–Crippen LogP) is 3.09. The Morgan fingerprint density at radius 1 is 0.964 bits per heavy atom. The Kier molecular flexibility index (Phi) is 5.65. The molecule has 0 unspecified atom stereocenters. The van der Waals surface area contributed by atoms with Gasteiger partial charge in [0.25, 0.3) is 15.9 Å². The highest BCUT2D eigenvalue weighted by Crippen LogP contribution is 2.19. The second kappa shape index (κ2) is 8.13. The summed E-state index contributed by atoms with van der Waals surface area (Å²) in [5, 5.41) is 2.72. The number of halogens is 2. The van der Waals surface area contributed by atoms with Gasteiger partial charge in [0.05, 0.1) is 4.90 Å². The van der Waals surface area contributed by atoms with Crippen molar-refractivity contribution in [1.29, 1.82) is 0 Å². The van der Waals surface area contributed by atoms with Gasteiger partial charge in [-0.15, -0.1) is 0 Å². The van der Waals surface area contributed by atoms with Gasteiger partial charge in [0.15, 0.2) is 11.6 Å². The van der Waals surface area contributed by atoms with Crippen LogP contribution in [0.25, 0.3) is 0 Å². The first-order valence-electron chi connectivity index (χ1n) is 8.10. The molecule has 6 nitrogen and oxygen atoms in total. The largest absolute Gasteiger partial charge is 0.348 e. The molecule has 0 fully saturated rings. The molecule has 0 spiro atoms. The number of sulfonamides is 1. The quantitative estimate of drug-likeness (QED) is 0.662. The van der Waals surface area contributed by atoms with Crippen LogP contribution in [0.15, 0.2) is 71.9 Å². The van der Waals surface area contributed by atoms with Gasteiger partial charge < -0.3 is 5.32 Å². The zero-order chi connectivity index (χ0) is 20.1. The molecule has 9 heteroatoms. The smallest absolute Gasteiger partial charge is 0.261 e. The van der Waals surface area contributed by atoms with Gasteiger partial charge in [0, 0.05) is 30.2 Å². The standard InChI is InChI=1S/C19H15F2N3O3S/c20-17-5-4-16(11-18(17)21)28(26,27)24-15-3-1-2-14(10-15)19(25)23-12-13-6-8-22-9-7-13/h1-11,24H,12H2,(H,23,25). The van der Waals surface area contributed by atoms with Crippen LogP contribution in [0.1, 0.15) is 15.9 Å². The van der Waals surface area contributed by atoms with Crippen molar-refractivity contribution in [2.45, 2.75) is 11.4 Å². The minimum atomic E-state index is -4.15. The third-order valence-corrected chi connectivity index (χ3v) is 5.16. The lowest BCUT2D eigenvalue weighted by molar-refractivity contribution is 0.0951. The van der Waals surface area contributed by atoms with Crippen molar-refractivity contribution in [2.24, 2.45) is 0 Å². The fourth-order valence-corrected chi connectivity index (χ4v) is 3.43. The van der Waals surface area contributed by atoms with Crippen molar-refractivity contribution < 1.29 is 22.0 Å². The summed E-state index contributed by atoms with van der Waals surface area (Å²) in [4.78, 5) is 15.8. The number of pyridine rings is 1. The van der Waals surface area contributed by atoms with Crippen molar-refractivity contribution in [2.75, 3.05) is 4.72 Å². The Bertz CT molecular complexity index is 1110. The molecule has 0 saturated heterocycles. The van der Waals surface area contributed by atoms with Crippen LogP contribution in [-0.2, 0) is 16.6 Å². The highest BCUT2D eigenvalue weighted by Gasteiger charge is 2.17. The van der Waals surface area contributed by atoms with E-state index in [2.05, 4.69) is 15.0 Å². The number of hydrogen-bond donors (Lipinski definition) is 2. The summed E-state index contributed by atoms with van der Waals surface area (Å²) in [5.74, 6) is -2.82. The average Bonchev–Trinajstić information content (AvgIpc) is 2.69. The Balaban J connectivity index is 1.73. The Morgan fingerprint density at radius 2 is 1.71 bits per heavy atom. The van der Waals surface area contributed by atoms with E-state index in [1.54, 1.807) is 24.5 Å². The van der Waals surface area contributed by atoms with E-state index in [0.717, 1.165) is 17.7 Å². The van der Waals surface area contributed by atoms with Gasteiger partial charge in [-0.3, -0.25) is 14.5 Å². The van der Waals surface area contributed by atoms with Crippen LogP contribution in [0.2, 0.25) is 0 Å². The van der Waals surface area contributed by atoms with Crippen LogP contribution in [0.3, 0.4) is 0 Å². The summed E-state index contributed by atoms with van der Waals surface area (Å²) in [5.41, 5.74) is 1.21. The fraction of sp³-hybridized carbons (Fsp3) is 0.0526. The summed E-state index contributed by atoms with van der Waals surface area (Å²) in [6, 6.07) is 11.6. The number of amides is 1. The average molecular weight is 403 g/mol. The fourth-order valence-electron chi connectivity index (χ4n) is 2.37. The van der Waals surface area contributed by atoms with E-state index in [-0.39, 0.29) is 17.8 Å². The van der Waals surface area contributed by atoms with Crippen molar-refractivity contribution in [3.8, 4) is 0 Å². The Hall–Kier alpha value is -3.33. The zero-order valence-corrected chi connectivity index (χ0v) is 15.2. The number of nitrogens with zero attached hydrogens (tertiary/aromatic N) is 1. The molecule has 0 bridgehead atoms. The molecule has 0 aliphatic heterocycles. The summed E-state index contributed by atoms with van der Waals surface area (Å²) >= 11 is 0. The van der Waals surface area contributed by atoms with Gasteiger partial charge in [-0.05, 0) is 54.1 Å². The van der Waals surface area contributed by atoms with Crippen LogP contribution >= 0.6 is 0 Å². The second-order valence-corrected chi connectivity index (χ2v) is 7.48. The number of carbonyl (C=O) groups excluding carboxylic acids is 1. The molecule has 2 N–H and O–H groups in total. The molecular formula is C19H15F2N3O3S. The number of rotatable bonds is 6. The molecule has 1 aromatic heterocycles. The number of aromatic nitrogens is 1. The minimum absolute atomic E-state index is 0.112. The summed E-state index contributed by atoms with van der Waals surface area (Å²) in [6.45, 7) is 0.284. The highest BCUT2D eigenvalue weighted by atomic mass is 32.2. The molecule has 1 amide bonds. The van der Waals surface area contributed by atoms with Crippen LogP contribution in [0.4, 0.5) is 14.5 Å². The highest BCUT2D eigenvalue weighted by molar-refractivity contribution is 7.92. The van der Waals surface area contributed by atoms with Gasteiger partial charge in [-0.2, -0.15) is 0 Å². The monoisotopic (exact) mass is 403 g/mol. The number of hydrogen-bond acceptors (Lipinski definition) is 4. The molecule has 2 aromatic carbocycles. The molecule has 144 valence electrons. The van der Waals surface area contributed by atoms with Gasteiger partial charge in [-0.1, -0.05) is 6.07 Å². The summed E-state index contributed by atoms with van der Waals surface area (Å²) < 4.78 is 53.3. The van der Waals surface area contributed by atoms with Crippen LogP contribution < -0.4 is 10.0 Å². The lowest BCUT2D eigenvalue weighted by atomic mass is 10.2. The van der Waals surface area contributed by atoms with E-state index in [4.69, 9.17) is 0 Å². The first kappa shape index (κ1) is 19.4. The van der Waals surface area contributed by atoms with Crippen molar-refractivity contribution in [3.63, 3.8) is 0 Å². The SMILES string of the molecule is O=C(NCc1ccncc1)c1cccc(NS(=O)(=O)c2ccc(F)c(F)c2)c1. The van der Waals surface area contributed by atoms with Crippen molar-refractivity contribution in [1.82, 2.24) is 10.3 Å². The van der Waals surface area contributed by atoms with Crippen molar-refractivity contribution in [3.05, 3.63) is 89.8 Å². The third-order valence-electron chi connectivity index (χ3n) is 3.78. The topological polar surface area (TPSA) is 88.2 Å². The molecule has 0 saturated carbocycles. The van der Waals surface area contributed by atoms with Crippen molar-refractivity contribution >= 4 is 21.6 Å². The maximum Gasteiger partial charge on any atom is 0.261 e. The number of nitrogens with one attached hydrogen (secondary N) is 2. The van der Waals surface area contributed by atoms with Gasteiger partial charge in [-0.25, -0.2) is 17.2 Å². The molecule has 0 atom stereocenters. The first-order valence-corrected chi connectivity index (χ1v) is 9.58. The van der Waals surface area contributed by atoms with E-state index in [9.17, 15) is 22.0 Å². The van der Waals surface area contributed by atoms with Crippen LogP contribution in [-0.4, -0.2) is 19.3 Å². The minimum Gasteiger partial charge on any atom is -0.348 e. The summed E-state index contributed by atoms with van der Waals surface area (Å²) in [6.07, 6.45) is 3.21. The van der Waals surface area contributed by atoms with E-state index < -0.39 is 32.5 Å². The summed E-state index contributed by atoms with van der Waals surface area (Å²) in [7, 11) is -4.15. The maximum absolute atomic E-state index is 13.3. The van der Waals surface area contributed by atoms with Gasteiger partial charge >= 0.3 is 0 Å². The number of anilines is 1. The lowest BCUT2D eigenvalue weighted by Crippen LogP contribution is -2.23. The normalized spacial score (nSPS) is 11.1. The zero-order valence-electron chi connectivity index (χ0n) is 14.4. The second-order valence-electron chi connectivity index (χ2n) is 5.80. The Morgan fingerprint density at radius 3 is 2.43 bits per heavy atom. The molecule has 28 heavy (non-hydrogen) atoms. The first-order chi connectivity index (χ1) is 13.3. The predicted molar refractivity (Wildman–Crippen MR) is 99.0 cm³/mol. The van der Waals surface area contributed by atoms with Crippen LogP contribution in [0, 0.1) is 11.6 Å². The Labute approximate surface area is 160 Å².